The Morgan fingerprint density at radius 2 is 1.70 bits per heavy atom. The number of carbonyl (C=O) groups excluding carboxylic acids is 2. The third kappa shape index (κ3) is 4.87. The van der Waals surface area contributed by atoms with Crippen LogP contribution in [0.25, 0.3) is 0 Å². The topological polar surface area (TPSA) is 64.4 Å². The van der Waals surface area contributed by atoms with Gasteiger partial charge in [-0.15, -0.1) is 0 Å². The Bertz CT molecular complexity index is 874. The molecule has 0 saturated carbocycles. The molecule has 0 radical (unpaired) electrons. The molecule has 0 bridgehead atoms. The van der Waals surface area contributed by atoms with Crippen LogP contribution in [0.1, 0.15) is 27.9 Å². The standard InChI is InChI=1S/C21H20ClN3O2/c22-19-7-5-16(6-8-19)14-20(26)24-9-2-10-25(12-11-24)21(27)18-4-1-3-17(13-18)15-23/h1,3-8,13H,2,9-12,14H2. The van der Waals surface area contributed by atoms with Crippen LogP contribution in [0.5, 0.6) is 0 Å². The molecular weight excluding hydrogens is 362 g/mol. The molecule has 3 rings (SSSR count). The summed E-state index contributed by atoms with van der Waals surface area (Å²) in [6.07, 6.45) is 1.06. The average molecular weight is 382 g/mol. The van der Waals surface area contributed by atoms with Crippen LogP contribution in [0, 0.1) is 11.3 Å². The molecule has 1 aliphatic heterocycles. The van der Waals surface area contributed by atoms with Crippen LogP contribution in [0.15, 0.2) is 48.5 Å². The Morgan fingerprint density at radius 1 is 1.00 bits per heavy atom. The predicted octanol–water partition coefficient (Wildman–Crippen LogP) is 3.13. The van der Waals surface area contributed by atoms with E-state index >= 15 is 0 Å². The number of benzene rings is 2. The molecule has 2 aromatic rings. The smallest absolute Gasteiger partial charge is 0.253 e. The molecule has 0 aliphatic carbocycles. The first-order chi connectivity index (χ1) is 13.1. The van der Waals surface area contributed by atoms with Crippen molar-refractivity contribution in [3.8, 4) is 6.07 Å². The van der Waals surface area contributed by atoms with E-state index in [1.54, 1.807) is 41.3 Å². The van der Waals surface area contributed by atoms with Crippen molar-refractivity contribution < 1.29 is 9.59 Å². The third-order valence-electron chi connectivity index (χ3n) is 4.64. The summed E-state index contributed by atoms with van der Waals surface area (Å²) in [5.41, 5.74) is 1.90. The van der Waals surface area contributed by atoms with Gasteiger partial charge in [0.2, 0.25) is 5.91 Å². The first-order valence-corrected chi connectivity index (χ1v) is 9.26. The van der Waals surface area contributed by atoms with E-state index in [4.69, 9.17) is 16.9 Å². The van der Waals surface area contributed by atoms with E-state index in [0.29, 0.717) is 48.7 Å². The summed E-state index contributed by atoms with van der Waals surface area (Å²) < 4.78 is 0. The monoisotopic (exact) mass is 381 g/mol. The lowest BCUT2D eigenvalue weighted by Crippen LogP contribution is -2.38. The van der Waals surface area contributed by atoms with Gasteiger partial charge in [-0.05, 0) is 42.3 Å². The zero-order chi connectivity index (χ0) is 19.2. The second-order valence-electron chi connectivity index (χ2n) is 6.52. The van der Waals surface area contributed by atoms with Crippen molar-refractivity contribution in [2.75, 3.05) is 26.2 Å². The fourth-order valence-electron chi connectivity index (χ4n) is 3.16. The molecule has 0 spiro atoms. The van der Waals surface area contributed by atoms with Gasteiger partial charge in [0.1, 0.15) is 0 Å². The summed E-state index contributed by atoms with van der Waals surface area (Å²) in [7, 11) is 0. The number of halogens is 1. The average Bonchev–Trinajstić information content (AvgIpc) is 2.95. The van der Waals surface area contributed by atoms with Crippen LogP contribution in [-0.4, -0.2) is 47.8 Å². The van der Waals surface area contributed by atoms with E-state index in [9.17, 15) is 9.59 Å². The number of amides is 2. The van der Waals surface area contributed by atoms with E-state index in [-0.39, 0.29) is 11.8 Å². The molecule has 0 N–H and O–H groups in total. The molecule has 1 saturated heterocycles. The molecule has 1 aliphatic rings. The molecule has 1 fully saturated rings. The fraction of sp³-hybridized carbons (Fsp3) is 0.286. The van der Waals surface area contributed by atoms with Gasteiger partial charge < -0.3 is 9.80 Å². The molecular formula is C21H20ClN3O2. The van der Waals surface area contributed by atoms with Crippen molar-refractivity contribution >= 4 is 23.4 Å². The van der Waals surface area contributed by atoms with E-state index < -0.39 is 0 Å². The quantitative estimate of drug-likeness (QED) is 0.820. The van der Waals surface area contributed by atoms with Gasteiger partial charge in [-0.25, -0.2) is 0 Å². The highest BCUT2D eigenvalue weighted by molar-refractivity contribution is 6.30. The van der Waals surface area contributed by atoms with Gasteiger partial charge in [-0.1, -0.05) is 29.8 Å². The molecule has 6 heteroatoms. The molecule has 0 aromatic heterocycles. The van der Waals surface area contributed by atoms with Crippen molar-refractivity contribution in [3.63, 3.8) is 0 Å². The summed E-state index contributed by atoms with van der Waals surface area (Å²) in [5.74, 6) is -0.0443. The highest BCUT2D eigenvalue weighted by Gasteiger charge is 2.23. The SMILES string of the molecule is N#Cc1cccc(C(=O)N2CCCN(C(=O)Cc3ccc(Cl)cc3)CC2)c1. The maximum absolute atomic E-state index is 12.7. The number of carbonyl (C=O) groups is 2. The maximum Gasteiger partial charge on any atom is 0.253 e. The highest BCUT2D eigenvalue weighted by atomic mass is 35.5. The van der Waals surface area contributed by atoms with Crippen molar-refractivity contribution in [3.05, 3.63) is 70.2 Å². The van der Waals surface area contributed by atoms with Gasteiger partial charge in [0.25, 0.3) is 5.91 Å². The summed E-state index contributed by atoms with van der Waals surface area (Å²) in [6.45, 7) is 2.23. The number of rotatable bonds is 3. The Morgan fingerprint density at radius 3 is 2.44 bits per heavy atom. The molecule has 2 amide bonds. The third-order valence-corrected chi connectivity index (χ3v) is 4.90. The summed E-state index contributed by atoms with van der Waals surface area (Å²) in [5, 5.41) is 9.65. The van der Waals surface area contributed by atoms with Crippen LogP contribution >= 0.6 is 11.6 Å². The van der Waals surface area contributed by atoms with Gasteiger partial charge in [0, 0.05) is 36.8 Å². The van der Waals surface area contributed by atoms with Crippen LogP contribution in [-0.2, 0) is 11.2 Å². The second-order valence-corrected chi connectivity index (χ2v) is 6.96. The van der Waals surface area contributed by atoms with E-state index in [0.717, 1.165) is 12.0 Å². The van der Waals surface area contributed by atoms with Crippen LogP contribution < -0.4 is 0 Å². The minimum atomic E-state index is -0.0981. The van der Waals surface area contributed by atoms with Gasteiger partial charge >= 0.3 is 0 Å². The Labute approximate surface area is 163 Å². The van der Waals surface area contributed by atoms with Crippen LogP contribution in [0.3, 0.4) is 0 Å². The van der Waals surface area contributed by atoms with Crippen LogP contribution in [0.2, 0.25) is 5.02 Å². The van der Waals surface area contributed by atoms with Gasteiger partial charge in [0.05, 0.1) is 18.1 Å². The lowest BCUT2D eigenvalue weighted by molar-refractivity contribution is -0.130. The summed E-state index contributed by atoms with van der Waals surface area (Å²) in [6, 6.07) is 16.0. The van der Waals surface area contributed by atoms with Crippen molar-refractivity contribution in [1.29, 1.82) is 5.26 Å². The maximum atomic E-state index is 12.7. The minimum absolute atomic E-state index is 0.0538. The predicted molar refractivity (Wildman–Crippen MR) is 103 cm³/mol. The molecule has 138 valence electrons. The molecule has 1 heterocycles. The fourth-order valence-corrected chi connectivity index (χ4v) is 3.29. The number of nitriles is 1. The largest absolute Gasteiger partial charge is 0.341 e. The second kappa shape index (κ2) is 8.70. The Hall–Kier alpha value is -2.84. The number of nitrogens with zero attached hydrogens (tertiary/aromatic N) is 3. The molecule has 0 unspecified atom stereocenters. The number of hydrogen-bond acceptors (Lipinski definition) is 3. The van der Waals surface area contributed by atoms with E-state index in [2.05, 4.69) is 6.07 Å². The van der Waals surface area contributed by atoms with E-state index in [1.807, 2.05) is 17.0 Å². The Balaban J connectivity index is 1.61. The first-order valence-electron chi connectivity index (χ1n) is 8.88. The van der Waals surface area contributed by atoms with Crippen molar-refractivity contribution in [2.45, 2.75) is 12.8 Å². The Kier molecular flexibility index (Phi) is 6.10. The molecule has 2 aromatic carbocycles. The normalized spacial score (nSPS) is 14.4. The summed E-state index contributed by atoms with van der Waals surface area (Å²) in [4.78, 5) is 28.9. The number of hydrogen-bond donors (Lipinski definition) is 0. The zero-order valence-corrected chi connectivity index (χ0v) is 15.7. The van der Waals surface area contributed by atoms with E-state index in [1.165, 1.54) is 0 Å². The highest BCUT2D eigenvalue weighted by Crippen LogP contribution is 2.14. The van der Waals surface area contributed by atoms with Crippen LogP contribution in [0.4, 0.5) is 0 Å². The molecule has 0 atom stereocenters. The van der Waals surface area contributed by atoms with Gasteiger partial charge in [-0.2, -0.15) is 5.26 Å². The van der Waals surface area contributed by atoms with Crippen molar-refractivity contribution in [2.24, 2.45) is 0 Å². The van der Waals surface area contributed by atoms with Gasteiger partial charge in [0.15, 0.2) is 0 Å². The summed E-state index contributed by atoms with van der Waals surface area (Å²) >= 11 is 5.88. The zero-order valence-electron chi connectivity index (χ0n) is 14.9. The first kappa shape index (κ1) is 18.9. The molecule has 27 heavy (non-hydrogen) atoms. The van der Waals surface area contributed by atoms with Gasteiger partial charge in [-0.3, -0.25) is 9.59 Å². The lowest BCUT2D eigenvalue weighted by atomic mass is 10.1. The van der Waals surface area contributed by atoms with Crippen molar-refractivity contribution in [1.82, 2.24) is 9.80 Å². The lowest BCUT2D eigenvalue weighted by Gasteiger charge is -2.22. The minimum Gasteiger partial charge on any atom is -0.341 e. The molecule has 5 nitrogen and oxygen atoms in total.